The summed E-state index contributed by atoms with van der Waals surface area (Å²) in [6, 6.07) is 2.25. The van der Waals surface area contributed by atoms with Gasteiger partial charge >= 0.3 is 0 Å². The predicted molar refractivity (Wildman–Crippen MR) is 81.6 cm³/mol. The molecule has 0 fully saturated rings. The molecular formula is C14H16BrN3S. The first kappa shape index (κ1) is 13.2. The SMILES string of the molecule is CNC(c1cncc(Br)c1)c1nc2c(s1)CCCC2. The quantitative estimate of drug-likeness (QED) is 0.931. The number of hydrogen-bond acceptors (Lipinski definition) is 4. The second kappa shape index (κ2) is 5.69. The number of aryl methyl sites for hydroxylation is 2. The molecule has 19 heavy (non-hydrogen) atoms. The Morgan fingerprint density at radius 2 is 2.16 bits per heavy atom. The average molecular weight is 338 g/mol. The van der Waals surface area contributed by atoms with Crippen molar-refractivity contribution >= 4 is 27.3 Å². The largest absolute Gasteiger partial charge is 0.307 e. The highest BCUT2D eigenvalue weighted by atomic mass is 79.9. The fraction of sp³-hybridized carbons (Fsp3) is 0.429. The number of nitrogens with zero attached hydrogens (tertiary/aromatic N) is 2. The van der Waals surface area contributed by atoms with E-state index in [4.69, 9.17) is 4.98 Å². The Labute approximate surface area is 125 Å². The Kier molecular flexibility index (Phi) is 3.96. The number of pyridine rings is 1. The molecule has 0 saturated carbocycles. The number of nitrogens with one attached hydrogen (secondary N) is 1. The van der Waals surface area contributed by atoms with Crippen LogP contribution < -0.4 is 5.32 Å². The normalized spacial score (nSPS) is 16.1. The summed E-state index contributed by atoms with van der Waals surface area (Å²) in [5.74, 6) is 0. The Morgan fingerprint density at radius 1 is 1.32 bits per heavy atom. The lowest BCUT2D eigenvalue weighted by atomic mass is 10.0. The average Bonchev–Trinajstić information content (AvgIpc) is 2.83. The molecule has 1 aliphatic carbocycles. The molecule has 3 nitrogen and oxygen atoms in total. The molecule has 2 aromatic rings. The lowest BCUT2D eigenvalue weighted by Crippen LogP contribution is -2.17. The van der Waals surface area contributed by atoms with Gasteiger partial charge < -0.3 is 5.32 Å². The van der Waals surface area contributed by atoms with Gasteiger partial charge in [0.1, 0.15) is 5.01 Å². The zero-order valence-electron chi connectivity index (χ0n) is 10.8. The van der Waals surface area contributed by atoms with E-state index in [1.807, 2.05) is 30.8 Å². The number of rotatable bonds is 3. The lowest BCUT2D eigenvalue weighted by molar-refractivity contribution is 0.660. The molecule has 3 rings (SSSR count). The smallest absolute Gasteiger partial charge is 0.115 e. The second-order valence-electron chi connectivity index (χ2n) is 4.79. The van der Waals surface area contributed by atoms with Crippen LogP contribution in [0.3, 0.4) is 0 Å². The van der Waals surface area contributed by atoms with Gasteiger partial charge in [0.25, 0.3) is 0 Å². The fourth-order valence-electron chi connectivity index (χ4n) is 2.51. The van der Waals surface area contributed by atoms with Gasteiger partial charge in [0.15, 0.2) is 0 Å². The molecular weight excluding hydrogens is 322 g/mol. The summed E-state index contributed by atoms with van der Waals surface area (Å²) in [7, 11) is 1.98. The Bertz CT molecular complexity index is 558. The summed E-state index contributed by atoms with van der Waals surface area (Å²) in [5.41, 5.74) is 2.47. The Hall–Kier alpha value is -0.780. The summed E-state index contributed by atoms with van der Waals surface area (Å²) >= 11 is 5.33. The van der Waals surface area contributed by atoms with Crippen molar-refractivity contribution < 1.29 is 0 Å². The van der Waals surface area contributed by atoms with E-state index < -0.39 is 0 Å². The maximum Gasteiger partial charge on any atom is 0.115 e. The van der Waals surface area contributed by atoms with Crippen LogP contribution in [0, 0.1) is 0 Å². The van der Waals surface area contributed by atoms with Crippen molar-refractivity contribution in [3.05, 3.63) is 44.1 Å². The third kappa shape index (κ3) is 2.73. The highest BCUT2D eigenvalue weighted by Gasteiger charge is 2.21. The van der Waals surface area contributed by atoms with Crippen LogP contribution in [-0.4, -0.2) is 17.0 Å². The number of aromatic nitrogens is 2. The maximum absolute atomic E-state index is 4.84. The van der Waals surface area contributed by atoms with E-state index in [9.17, 15) is 0 Å². The van der Waals surface area contributed by atoms with Crippen LogP contribution in [0.25, 0.3) is 0 Å². The van der Waals surface area contributed by atoms with E-state index in [0.717, 1.165) is 21.5 Å². The van der Waals surface area contributed by atoms with Gasteiger partial charge in [-0.05, 0) is 60.3 Å². The molecule has 0 aliphatic heterocycles. The lowest BCUT2D eigenvalue weighted by Gasteiger charge is -2.13. The van der Waals surface area contributed by atoms with Crippen molar-refractivity contribution in [1.29, 1.82) is 0 Å². The van der Waals surface area contributed by atoms with Crippen molar-refractivity contribution in [2.45, 2.75) is 31.7 Å². The maximum atomic E-state index is 4.84. The van der Waals surface area contributed by atoms with Gasteiger partial charge in [-0.25, -0.2) is 4.98 Å². The molecule has 0 radical (unpaired) electrons. The molecule has 100 valence electrons. The van der Waals surface area contributed by atoms with E-state index in [0.29, 0.717) is 0 Å². The van der Waals surface area contributed by atoms with Gasteiger partial charge in [-0.1, -0.05) is 0 Å². The third-order valence-corrected chi connectivity index (χ3v) is 5.11. The molecule has 0 spiro atoms. The predicted octanol–water partition coefficient (Wildman–Crippen LogP) is 3.49. The fourth-order valence-corrected chi connectivity index (χ4v) is 4.19. The number of halogens is 1. The molecule has 5 heteroatoms. The first-order valence-corrected chi connectivity index (χ1v) is 8.15. The van der Waals surface area contributed by atoms with E-state index in [1.165, 1.54) is 29.8 Å². The van der Waals surface area contributed by atoms with Crippen LogP contribution in [0.1, 0.15) is 40.0 Å². The summed E-state index contributed by atoms with van der Waals surface area (Å²) < 4.78 is 1.01. The number of fused-ring (bicyclic) bond motifs is 1. The monoisotopic (exact) mass is 337 g/mol. The van der Waals surface area contributed by atoms with E-state index in [-0.39, 0.29) is 6.04 Å². The molecule has 0 bridgehead atoms. The minimum absolute atomic E-state index is 0.139. The molecule has 1 N–H and O–H groups in total. The minimum atomic E-state index is 0.139. The molecule has 0 saturated heterocycles. The number of hydrogen-bond donors (Lipinski definition) is 1. The molecule has 0 amide bonds. The number of thiazole rings is 1. The van der Waals surface area contributed by atoms with Gasteiger partial charge in [-0.15, -0.1) is 11.3 Å². The van der Waals surface area contributed by atoms with Crippen LogP contribution in [0.4, 0.5) is 0 Å². The van der Waals surface area contributed by atoms with E-state index >= 15 is 0 Å². The highest BCUT2D eigenvalue weighted by Crippen LogP contribution is 2.32. The molecule has 0 aromatic carbocycles. The van der Waals surface area contributed by atoms with Gasteiger partial charge in [0, 0.05) is 21.7 Å². The van der Waals surface area contributed by atoms with Crippen molar-refractivity contribution in [3.8, 4) is 0 Å². The van der Waals surface area contributed by atoms with Crippen LogP contribution in [0.5, 0.6) is 0 Å². The topological polar surface area (TPSA) is 37.8 Å². The van der Waals surface area contributed by atoms with Gasteiger partial charge in [-0.3, -0.25) is 4.98 Å². The minimum Gasteiger partial charge on any atom is -0.307 e. The third-order valence-electron chi connectivity index (χ3n) is 3.46. The van der Waals surface area contributed by atoms with Crippen LogP contribution >= 0.6 is 27.3 Å². The molecule has 2 aromatic heterocycles. The van der Waals surface area contributed by atoms with E-state index in [2.05, 4.69) is 32.3 Å². The second-order valence-corrected chi connectivity index (χ2v) is 6.82. The van der Waals surface area contributed by atoms with Gasteiger partial charge in [-0.2, -0.15) is 0 Å². The van der Waals surface area contributed by atoms with Gasteiger partial charge in [0.2, 0.25) is 0 Å². The Morgan fingerprint density at radius 3 is 2.89 bits per heavy atom. The standard InChI is InChI=1S/C14H16BrN3S/c1-16-13(9-6-10(15)8-17-7-9)14-18-11-4-2-3-5-12(11)19-14/h6-8,13,16H,2-5H2,1H3. The van der Waals surface area contributed by atoms with Crippen LogP contribution in [0.15, 0.2) is 22.9 Å². The molecule has 1 aliphatic rings. The molecule has 1 unspecified atom stereocenters. The zero-order valence-corrected chi connectivity index (χ0v) is 13.2. The summed E-state index contributed by atoms with van der Waals surface area (Å²) in [6.07, 6.45) is 8.63. The van der Waals surface area contributed by atoms with Crippen molar-refractivity contribution in [2.75, 3.05) is 7.05 Å². The van der Waals surface area contributed by atoms with Crippen molar-refractivity contribution in [1.82, 2.24) is 15.3 Å². The first-order valence-electron chi connectivity index (χ1n) is 6.54. The Balaban J connectivity index is 1.96. The summed E-state index contributed by atoms with van der Waals surface area (Å²) in [4.78, 5) is 10.6. The van der Waals surface area contributed by atoms with Gasteiger partial charge in [0.05, 0.1) is 11.7 Å². The van der Waals surface area contributed by atoms with Crippen molar-refractivity contribution in [2.24, 2.45) is 0 Å². The van der Waals surface area contributed by atoms with Crippen LogP contribution in [0.2, 0.25) is 0 Å². The van der Waals surface area contributed by atoms with Crippen molar-refractivity contribution in [3.63, 3.8) is 0 Å². The zero-order chi connectivity index (χ0) is 13.2. The summed E-state index contributed by atoms with van der Waals surface area (Å²) in [5, 5.41) is 4.52. The van der Waals surface area contributed by atoms with Crippen LogP contribution in [-0.2, 0) is 12.8 Å². The van der Waals surface area contributed by atoms with E-state index in [1.54, 1.807) is 0 Å². The first-order chi connectivity index (χ1) is 9.28. The summed E-state index contributed by atoms with van der Waals surface area (Å²) in [6.45, 7) is 0. The highest BCUT2D eigenvalue weighted by molar-refractivity contribution is 9.10. The molecule has 1 atom stereocenters. The molecule has 2 heterocycles.